The summed E-state index contributed by atoms with van der Waals surface area (Å²) in [5.41, 5.74) is 1.61. The van der Waals surface area contributed by atoms with Crippen LogP contribution in [0.5, 0.6) is 5.75 Å². The van der Waals surface area contributed by atoms with Crippen molar-refractivity contribution in [2.24, 2.45) is 0 Å². The highest BCUT2D eigenvalue weighted by Gasteiger charge is 2.25. The van der Waals surface area contributed by atoms with Crippen LogP contribution in [-0.4, -0.2) is 21.0 Å². The van der Waals surface area contributed by atoms with E-state index in [1.54, 1.807) is 12.1 Å². The fraction of sp³-hybridized carbons (Fsp3) is 0.0833. The van der Waals surface area contributed by atoms with E-state index in [2.05, 4.69) is 4.98 Å². The predicted molar refractivity (Wildman–Crippen MR) is 115 cm³/mol. The topological polar surface area (TPSA) is 103 Å². The van der Waals surface area contributed by atoms with Crippen molar-refractivity contribution >= 4 is 22.6 Å². The smallest absolute Gasteiger partial charge is 0.354 e. The lowest BCUT2D eigenvalue weighted by Gasteiger charge is -2.17. The Hall–Kier alpha value is -4.26. The molecule has 0 unspecified atom stereocenters. The van der Waals surface area contributed by atoms with Crippen LogP contribution in [-0.2, 0) is 13.0 Å². The molecule has 7 heteroatoms. The normalized spacial score (nSPS) is 10.7. The summed E-state index contributed by atoms with van der Waals surface area (Å²) in [6, 6.07) is 23.3. The highest BCUT2D eigenvalue weighted by Crippen LogP contribution is 2.37. The number of nitro groups is 1. The van der Waals surface area contributed by atoms with Gasteiger partial charge < -0.3 is 9.84 Å². The van der Waals surface area contributed by atoms with Gasteiger partial charge in [-0.05, 0) is 17.2 Å². The molecule has 7 nitrogen and oxygen atoms in total. The molecule has 1 heterocycles. The Morgan fingerprint density at radius 1 is 0.935 bits per heavy atom. The van der Waals surface area contributed by atoms with Gasteiger partial charge in [0.25, 0.3) is 5.69 Å². The lowest BCUT2D eigenvalue weighted by atomic mass is 9.99. The number of non-ortho nitro benzene ring substituents is 1. The third-order valence-electron chi connectivity index (χ3n) is 4.89. The molecular formula is C24H18N2O5. The van der Waals surface area contributed by atoms with Crippen molar-refractivity contribution in [3.05, 3.63) is 111 Å². The number of ether oxygens (including phenoxy) is 1. The van der Waals surface area contributed by atoms with Gasteiger partial charge in [-0.15, -0.1) is 0 Å². The molecule has 4 rings (SSSR count). The number of aromatic carboxylic acids is 1. The minimum atomic E-state index is -1.27. The molecular weight excluding hydrogens is 396 g/mol. The standard InChI is InChI=1S/C24H18N2O5/c27-24(28)22-19(14-16-8-3-1-4-9-16)23(31-15-17-10-5-2-6-11-17)18-12-7-13-20(26(29)30)21(18)25-22/h1-13H,14-15H2,(H,27,28). The summed E-state index contributed by atoms with van der Waals surface area (Å²) in [5.74, 6) is -0.977. The summed E-state index contributed by atoms with van der Waals surface area (Å²) in [4.78, 5) is 27.2. The van der Waals surface area contributed by atoms with Crippen molar-refractivity contribution in [1.29, 1.82) is 0 Å². The number of carbonyl (C=O) groups is 1. The van der Waals surface area contributed by atoms with Gasteiger partial charge in [-0.3, -0.25) is 10.1 Å². The van der Waals surface area contributed by atoms with E-state index in [0.29, 0.717) is 16.7 Å². The highest BCUT2D eigenvalue weighted by atomic mass is 16.6. The Labute approximate surface area is 177 Å². The summed E-state index contributed by atoms with van der Waals surface area (Å²) in [7, 11) is 0. The lowest BCUT2D eigenvalue weighted by molar-refractivity contribution is -0.383. The van der Waals surface area contributed by atoms with Crippen LogP contribution in [0.4, 0.5) is 5.69 Å². The number of aromatic nitrogens is 1. The Balaban J connectivity index is 1.93. The Bertz CT molecular complexity index is 1260. The molecule has 4 aromatic rings. The van der Waals surface area contributed by atoms with Gasteiger partial charge in [0.15, 0.2) is 11.2 Å². The van der Waals surface area contributed by atoms with Gasteiger partial charge in [-0.1, -0.05) is 66.7 Å². The van der Waals surface area contributed by atoms with E-state index in [4.69, 9.17) is 4.74 Å². The molecule has 0 aliphatic heterocycles. The third-order valence-corrected chi connectivity index (χ3v) is 4.89. The Kier molecular flexibility index (Phi) is 5.57. The van der Waals surface area contributed by atoms with Gasteiger partial charge in [0, 0.05) is 23.4 Å². The average Bonchev–Trinajstić information content (AvgIpc) is 2.78. The molecule has 0 fully saturated rings. The molecule has 0 aliphatic carbocycles. The number of pyridine rings is 1. The predicted octanol–water partition coefficient (Wildman–Crippen LogP) is 5.01. The molecule has 0 aliphatic rings. The van der Waals surface area contributed by atoms with E-state index >= 15 is 0 Å². The number of nitro benzene ring substituents is 1. The fourth-order valence-corrected chi connectivity index (χ4v) is 3.46. The molecule has 0 amide bonds. The molecule has 0 bridgehead atoms. The van der Waals surface area contributed by atoms with E-state index in [1.807, 2.05) is 60.7 Å². The number of hydrogen-bond donors (Lipinski definition) is 1. The lowest BCUT2D eigenvalue weighted by Crippen LogP contribution is -2.11. The maximum atomic E-state index is 12.1. The number of rotatable bonds is 7. The van der Waals surface area contributed by atoms with Crippen molar-refractivity contribution in [1.82, 2.24) is 4.98 Å². The number of carboxylic acids is 1. The third kappa shape index (κ3) is 4.20. The molecule has 3 aromatic carbocycles. The zero-order chi connectivity index (χ0) is 21.8. The molecule has 1 aromatic heterocycles. The first-order valence-corrected chi connectivity index (χ1v) is 9.58. The quantitative estimate of drug-likeness (QED) is 0.337. The summed E-state index contributed by atoms with van der Waals surface area (Å²) in [5, 5.41) is 21.8. The van der Waals surface area contributed by atoms with Crippen molar-refractivity contribution in [2.45, 2.75) is 13.0 Å². The molecule has 0 atom stereocenters. The van der Waals surface area contributed by atoms with Crippen LogP contribution in [0.1, 0.15) is 27.2 Å². The summed E-state index contributed by atoms with van der Waals surface area (Å²) < 4.78 is 6.11. The zero-order valence-electron chi connectivity index (χ0n) is 16.4. The van der Waals surface area contributed by atoms with Gasteiger partial charge in [-0.2, -0.15) is 0 Å². The van der Waals surface area contributed by atoms with Crippen LogP contribution in [0.15, 0.2) is 78.9 Å². The van der Waals surface area contributed by atoms with Crippen molar-refractivity contribution < 1.29 is 19.6 Å². The second-order valence-electron chi connectivity index (χ2n) is 6.94. The van der Waals surface area contributed by atoms with Crippen LogP contribution in [0.25, 0.3) is 10.9 Å². The maximum Gasteiger partial charge on any atom is 0.354 e. The second-order valence-corrected chi connectivity index (χ2v) is 6.94. The molecule has 0 saturated heterocycles. The SMILES string of the molecule is O=C(O)c1nc2c([N+](=O)[O-])cccc2c(OCc2ccccc2)c1Cc1ccccc1. The molecule has 0 spiro atoms. The maximum absolute atomic E-state index is 12.1. The van der Waals surface area contributed by atoms with Crippen LogP contribution < -0.4 is 4.74 Å². The van der Waals surface area contributed by atoms with Gasteiger partial charge in [-0.25, -0.2) is 9.78 Å². The zero-order valence-corrected chi connectivity index (χ0v) is 16.4. The summed E-state index contributed by atoms with van der Waals surface area (Å²) in [6.45, 7) is 0.184. The van der Waals surface area contributed by atoms with Crippen LogP contribution in [0.3, 0.4) is 0 Å². The molecule has 1 N–H and O–H groups in total. The summed E-state index contributed by atoms with van der Waals surface area (Å²) in [6.07, 6.45) is 0.262. The van der Waals surface area contributed by atoms with Crippen LogP contribution in [0.2, 0.25) is 0 Å². The van der Waals surface area contributed by atoms with E-state index < -0.39 is 10.9 Å². The van der Waals surface area contributed by atoms with E-state index in [9.17, 15) is 20.0 Å². The first-order chi connectivity index (χ1) is 15.0. The molecule has 154 valence electrons. The Morgan fingerprint density at radius 3 is 2.19 bits per heavy atom. The minimum Gasteiger partial charge on any atom is -0.488 e. The highest BCUT2D eigenvalue weighted by molar-refractivity contribution is 5.99. The van der Waals surface area contributed by atoms with E-state index in [0.717, 1.165) is 11.1 Å². The van der Waals surface area contributed by atoms with Crippen LogP contribution >= 0.6 is 0 Å². The van der Waals surface area contributed by atoms with Crippen LogP contribution in [0, 0.1) is 10.1 Å². The fourth-order valence-electron chi connectivity index (χ4n) is 3.46. The first-order valence-electron chi connectivity index (χ1n) is 9.58. The monoisotopic (exact) mass is 414 g/mol. The number of hydrogen-bond acceptors (Lipinski definition) is 5. The van der Waals surface area contributed by atoms with Crippen molar-refractivity contribution in [3.8, 4) is 5.75 Å². The minimum absolute atomic E-state index is 0.00947. The largest absolute Gasteiger partial charge is 0.488 e. The summed E-state index contributed by atoms with van der Waals surface area (Å²) >= 11 is 0. The average molecular weight is 414 g/mol. The van der Waals surface area contributed by atoms with Crippen molar-refractivity contribution in [2.75, 3.05) is 0 Å². The second kappa shape index (κ2) is 8.62. The number of benzene rings is 3. The number of para-hydroxylation sites is 1. The van der Waals surface area contributed by atoms with E-state index in [1.165, 1.54) is 6.07 Å². The van der Waals surface area contributed by atoms with Gasteiger partial charge in [0.05, 0.1) is 4.92 Å². The molecule has 31 heavy (non-hydrogen) atoms. The number of nitrogens with zero attached hydrogens (tertiary/aromatic N) is 2. The molecule has 0 saturated carbocycles. The van der Waals surface area contributed by atoms with Gasteiger partial charge in [0.2, 0.25) is 0 Å². The van der Waals surface area contributed by atoms with E-state index in [-0.39, 0.29) is 29.9 Å². The number of fused-ring (bicyclic) bond motifs is 1. The van der Waals surface area contributed by atoms with Crippen molar-refractivity contribution in [3.63, 3.8) is 0 Å². The first kappa shape index (κ1) is 20.0. The molecule has 0 radical (unpaired) electrons. The number of carboxylic acid groups (broad SMARTS) is 1. The van der Waals surface area contributed by atoms with Gasteiger partial charge in [0.1, 0.15) is 12.4 Å². The Morgan fingerprint density at radius 2 is 1.58 bits per heavy atom. The van der Waals surface area contributed by atoms with Gasteiger partial charge >= 0.3 is 5.97 Å².